The van der Waals surface area contributed by atoms with Crippen molar-refractivity contribution in [1.29, 1.82) is 0 Å². The van der Waals surface area contributed by atoms with Crippen molar-refractivity contribution >= 4 is 12.2 Å². The van der Waals surface area contributed by atoms with E-state index in [1.54, 1.807) is 6.92 Å². The Kier molecular flexibility index (Phi) is 8.62. The first-order valence-electron chi connectivity index (χ1n) is 5.86. The zero-order valence-electron chi connectivity index (χ0n) is 11.0. The molecule has 0 heterocycles. The molecule has 1 N–H and O–H groups in total. The van der Waals surface area contributed by atoms with E-state index in [4.69, 9.17) is 9.47 Å². The van der Waals surface area contributed by atoms with Gasteiger partial charge >= 0.3 is 0 Å². The first kappa shape index (κ1) is 16.1. The number of ether oxygens (including phenoxy) is 2. The second kappa shape index (κ2) is 9.13. The highest BCUT2D eigenvalue weighted by atomic mass is 16.5. The van der Waals surface area contributed by atoms with Crippen molar-refractivity contribution in [2.24, 2.45) is 0 Å². The van der Waals surface area contributed by atoms with Gasteiger partial charge in [-0.2, -0.15) is 0 Å². The molecule has 0 aromatic heterocycles. The average molecular weight is 245 g/mol. The predicted octanol–water partition coefficient (Wildman–Crippen LogP) is 0.913. The van der Waals surface area contributed by atoms with Crippen molar-refractivity contribution in [3.8, 4) is 0 Å². The molecule has 0 atom stereocenters. The number of rotatable bonds is 11. The molecule has 1 amide bonds. The number of carbonyl (C=O) groups is 2. The number of hydrogen-bond donors (Lipinski definition) is 1. The molecule has 0 aliphatic rings. The Morgan fingerprint density at radius 2 is 2.00 bits per heavy atom. The standard InChI is InChI=1S/C12H23NO4/c1-11(15)4-5-12(2,3)17-9-8-16-7-6-13-10-14/h10H,4-9H2,1-3H3,(H,13,14). The van der Waals surface area contributed by atoms with Crippen LogP contribution in [-0.4, -0.2) is 44.2 Å². The topological polar surface area (TPSA) is 64.6 Å². The van der Waals surface area contributed by atoms with Crippen LogP contribution in [0.2, 0.25) is 0 Å². The molecule has 5 heteroatoms. The summed E-state index contributed by atoms with van der Waals surface area (Å²) in [6, 6.07) is 0. The van der Waals surface area contributed by atoms with Gasteiger partial charge in [0.05, 0.1) is 25.4 Å². The van der Waals surface area contributed by atoms with Gasteiger partial charge in [0.1, 0.15) is 5.78 Å². The maximum absolute atomic E-state index is 10.9. The van der Waals surface area contributed by atoms with Crippen LogP contribution in [0.4, 0.5) is 0 Å². The van der Waals surface area contributed by atoms with Gasteiger partial charge < -0.3 is 19.6 Å². The Balaban J connectivity index is 3.45. The number of hydrogen-bond acceptors (Lipinski definition) is 4. The maximum atomic E-state index is 10.9. The van der Waals surface area contributed by atoms with Crippen LogP contribution in [0.15, 0.2) is 0 Å². The van der Waals surface area contributed by atoms with E-state index in [9.17, 15) is 9.59 Å². The van der Waals surface area contributed by atoms with E-state index in [1.165, 1.54) is 0 Å². The van der Waals surface area contributed by atoms with Crippen molar-refractivity contribution in [1.82, 2.24) is 5.32 Å². The minimum Gasteiger partial charge on any atom is -0.377 e. The smallest absolute Gasteiger partial charge is 0.207 e. The molecule has 0 fully saturated rings. The van der Waals surface area contributed by atoms with E-state index >= 15 is 0 Å². The van der Waals surface area contributed by atoms with Gasteiger partial charge in [-0.3, -0.25) is 4.79 Å². The van der Waals surface area contributed by atoms with Crippen molar-refractivity contribution in [2.75, 3.05) is 26.4 Å². The summed E-state index contributed by atoms with van der Waals surface area (Å²) >= 11 is 0. The van der Waals surface area contributed by atoms with Crippen LogP contribution in [0.1, 0.15) is 33.6 Å². The largest absolute Gasteiger partial charge is 0.377 e. The number of Topliss-reactive ketones (excluding diaryl/α,β-unsaturated/α-hetero) is 1. The lowest BCUT2D eigenvalue weighted by Gasteiger charge is -2.24. The average Bonchev–Trinajstić information content (AvgIpc) is 2.25. The molecule has 0 aliphatic carbocycles. The maximum Gasteiger partial charge on any atom is 0.207 e. The molecule has 0 spiro atoms. The first-order chi connectivity index (χ1) is 7.98. The molecule has 0 aromatic carbocycles. The van der Waals surface area contributed by atoms with Crippen LogP contribution < -0.4 is 5.32 Å². The molecule has 0 unspecified atom stereocenters. The molecule has 0 aliphatic heterocycles. The van der Waals surface area contributed by atoms with Gasteiger partial charge in [0.25, 0.3) is 0 Å². The zero-order valence-corrected chi connectivity index (χ0v) is 11.0. The van der Waals surface area contributed by atoms with Gasteiger partial charge in [0.2, 0.25) is 6.41 Å². The number of ketones is 1. The normalized spacial score (nSPS) is 11.2. The summed E-state index contributed by atoms with van der Waals surface area (Å²) in [6.07, 6.45) is 1.90. The van der Waals surface area contributed by atoms with E-state index in [0.29, 0.717) is 39.2 Å². The Morgan fingerprint density at radius 3 is 2.59 bits per heavy atom. The Hall–Kier alpha value is -0.940. The number of nitrogens with one attached hydrogen (secondary N) is 1. The van der Waals surface area contributed by atoms with Crippen molar-refractivity contribution < 1.29 is 19.1 Å². The van der Waals surface area contributed by atoms with Crippen LogP contribution in [0.25, 0.3) is 0 Å². The lowest BCUT2D eigenvalue weighted by molar-refractivity contribution is -0.119. The molecular weight excluding hydrogens is 222 g/mol. The molecular formula is C12H23NO4. The summed E-state index contributed by atoms with van der Waals surface area (Å²) < 4.78 is 10.9. The van der Waals surface area contributed by atoms with E-state index < -0.39 is 0 Å². The number of carbonyl (C=O) groups excluding carboxylic acids is 2. The zero-order chi connectivity index (χ0) is 13.1. The van der Waals surface area contributed by atoms with E-state index in [1.807, 2.05) is 13.8 Å². The van der Waals surface area contributed by atoms with Gasteiger partial charge in [-0.1, -0.05) is 0 Å². The molecule has 0 bridgehead atoms. The monoisotopic (exact) mass is 245 g/mol. The second-order valence-corrected chi connectivity index (χ2v) is 4.49. The molecule has 0 aromatic rings. The Labute approximate surface area is 103 Å². The van der Waals surface area contributed by atoms with Gasteiger partial charge in [-0.15, -0.1) is 0 Å². The van der Waals surface area contributed by atoms with Gasteiger partial charge in [-0.05, 0) is 27.2 Å². The fourth-order valence-corrected chi connectivity index (χ4v) is 1.22. The SMILES string of the molecule is CC(=O)CCC(C)(C)OCCOCCNC=O. The summed E-state index contributed by atoms with van der Waals surface area (Å²) in [5.74, 6) is 0.179. The Bertz CT molecular complexity index is 229. The molecule has 0 saturated heterocycles. The lowest BCUT2D eigenvalue weighted by Crippen LogP contribution is -2.27. The van der Waals surface area contributed by atoms with E-state index in [-0.39, 0.29) is 11.4 Å². The Morgan fingerprint density at radius 1 is 1.29 bits per heavy atom. The minimum absolute atomic E-state index is 0.179. The third-order valence-electron chi connectivity index (χ3n) is 2.27. The highest BCUT2D eigenvalue weighted by molar-refractivity contribution is 5.75. The molecule has 17 heavy (non-hydrogen) atoms. The summed E-state index contributed by atoms with van der Waals surface area (Å²) in [4.78, 5) is 20.8. The number of amides is 1. The second-order valence-electron chi connectivity index (χ2n) is 4.49. The fraction of sp³-hybridized carbons (Fsp3) is 0.833. The van der Waals surface area contributed by atoms with Crippen LogP contribution in [0.3, 0.4) is 0 Å². The van der Waals surface area contributed by atoms with Gasteiger partial charge in [-0.25, -0.2) is 0 Å². The van der Waals surface area contributed by atoms with E-state index in [2.05, 4.69) is 5.32 Å². The van der Waals surface area contributed by atoms with Crippen LogP contribution in [0, 0.1) is 0 Å². The molecule has 100 valence electrons. The molecule has 0 rings (SSSR count). The van der Waals surface area contributed by atoms with Gasteiger partial charge in [0.15, 0.2) is 0 Å². The van der Waals surface area contributed by atoms with Crippen molar-refractivity contribution in [3.05, 3.63) is 0 Å². The van der Waals surface area contributed by atoms with Gasteiger partial charge in [0, 0.05) is 13.0 Å². The van der Waals surface area contributed by atoms with E-state index in [0.717, 1.165) is 6.42 Å². The third-order valence-corrected chi connectivity index (χ3v) is 2.27. The molecule has 0 radical (unpaired) electrons. The molecule has 0 saturated carbocycles. The van der Waals surface area contributed by atoms with Crippen molar-refractivity contribution in [3.63, 3.8) is 0 Å². The van der Waals surface area contributed by atoms with Crippen molar-refractivity contribution in [2.45, 2.75) is 39.2 Å². The summed E-state index contributed by atoms with van der Waals surface area (Å²) in [7, 11) is 0. The minimum atomic E-state index is -0.296. The van der Waals surface area contributed by atoms with Crippen LogP contribution in [-0.2, 0) is 19.1 Å². The molecule has 5 nitrogen and oxygen atoms in total. The van der Waals surface area contributed by atoms with Crippen LogP contribution in [0.5, 0.6) is 0 Å². The fourth-order valence-electron chi connectivity index (χ4n) is 1.22. The highest BCUT2D eigenvalue weighted by Crippen LogP contribution is 2.16. The third kappa shape index (κ3) is 11.3. The van der Waals surface area contributed by atoms with Crippen LogP contribution >= 0.6 is 0 Å². The summed E-state index contributed by atoms with van der Waals surface area (Å²) in [6.45, 7) is 7.48. The summed E-state index contributed by atoms with van der Waals surface area (Å²) in [5, 5.41) is 2.50. The quantitative estimate of drug-likeness (QED) is 0.434. The highest BCUT2D eigenvalue weighted by Gasteiger charge is 2.18. The predicted molar refractivity (Wildman–Crippen MR) is 64.8 cm³/mol. The first-order valence-corrected chi connectivity index (χ1v) is 5.86. The summed E-state index contributed by atoms with van der Waals surface area (Å²) in [5.41, 5.74) is -0.296. The lowest BCUT2D eigenvalue weighted by atomic mass is 10.0.